The molecule has 0 fully saturated rings. The number of hydrogen-bond acceptors (Lipinski definition) is 3. The Hall–Kier alpha value is -2.07. The van der Waals surface area contributed by atoms with Gasteiger partial charge in [-0.2, -0.15) is 5.26 Å². The normalized spacial score (nSPS) is 11.7. The second kappa shape index (κ2) is 7.47. The zero-order chi connectivity index (χ0) is 16.9. The van der Waals surface area contributed by atoms with Crippen LogP contribution in [0.5, 0.6) is 0 Å². The quantitative estimate of drug-likeness (QED) is 0.755. The summed E-state index contributed by atoms with van der Waals surface area (Å²) < 4.78 is 1.22. The topological polar surface area (TPSA) is 27.0 Å². The average molecular weight is 322 g/mol. The van der Waals surface area contributed by atoms with E-state index in [1.165, 1.54) is 10.3 Å². The molecule has 0 aliphatic heterocycles. The van der Waals surface area contributed by atoms with Crippen LogP contribution < -0.4 is 0 Å². The SMILES string of the molecule is CN(C/C=C/C#CC(C)(C)C)Cc1cccc2c(C#N)csc12. The van der Waals surface area contributed by atoms with Gasteiger partial charge in [-0.05, 0) is 39.5 Å². The van der Waals surface area contributed by atoms with E-state index in [1.54, 1.807) is 11.3 Å². The van der Waals surface area contributed by atoms with Gasteiger partial charge in [0.15, 0.2) is 0 Å². The number of nitriles is 1. The van der Waals surface area contributed by atoms with Crippen LogP contribution in [-0.4, -0.2) is 18.5 Å². The molecule has 1 heterocycles. The highest BCUT2D eigenvalue weighted by atomic mass is 32.1. The highest BCUT2D eigenvalue weighted by Gasteiger charge is 2.08. The molecule has 0 saturated heterocycles. The molecule has 1 aromatic carbocycles. The molecule has 0 amide bonds. The van der Waals surface area contributed by atoms with E-state index < -0.39 is 0 Å². The summed E-state index contributed by atoms with van der Waals surface area (Å²) in [6, 6.07) is 8.45. The minimum Gasteiger partial charge on any atom is -0.298 e. The molecule has 0 bridgehead atoms. The van der Waals surface area contributed by atoms with E-state index in [0.717, 1.165) is 24.0 Å². The van der Waals surface area contributed by atoms with Crippen molar-refractivity contribution in [2.75, 3.05) is 13.6 Å². The van der Waals surface area contributed by atoms with Crippen LogP contribution in [0.3, 0.4) is 0 Å². The van der Waals surface area contributed by atoms with Gasteiger partial charge in [-0.3, -0.25) is 4.90 Å². The molecule has 1 aromatic heterocycles. The summed E-state index contributed by atoms with van der Waals surface area (Å²) in [5.74, 6) is 6.29. The Morgan fingerprint density at radius 3 is 2.78 bits per heavy atom. The van der Waals surface area contributed by atoms with Crippen LogP contribution in [0, 0.1) is 28.6 Å². The molecule has 0 aliphatic rings. The van der Waals surface area contributed by atoms with E-state index in [2.05, 4.69) is 62.8 Å². The Bertz CT molecular complexity index is 804. The Labute approximate surface area is 143 Å². The fourth-order valence-electron chi connectivity index (χ4n) is 2.23. The molecule has 2 aromatic rings. The van der Waals surface area contributed by atoms with Crippen molar-refractivity contribution in [3.05, 3.63) is 46.9 Å². The summed E-state index contributed by atoms with van der Waals surface area (Å²) in [6.07, 6.45) is 4.02. The first-order valence-corrected chi connectivity index (χ1v) is 8.54. The molecule has 0 N–H and O–H groups in total. The van der Waals surface area contributed by atoms with E-state index >= 15 is 0 Å². The van der Waals surface area contributed by atoms with Crippen LogP contribution in [0.4, 0.5) is 0 Å². The van der Waals surface area contributed by atoms with Crippen molar-refractivity contribution in [2.45, 2.75) is 27.3 Å². The fraction of sp³-hybridized carbons (Fsp3) is 0.350. The summed E-state index contributed by atoms with van der Waals surface area (Å²) in [7, 11) is 2.10. The lowest BCUT2D eigenvalue weighted by atomic mass is 9.98. The number of thiophene rings is 1. The second-order valence-corrected chi connectivity index (χ2v) is 7.55. The van der Waals surface area contributed by atoms with Crippen LogP contribution >= 0.6 is 11.3 Å². The van der Waals surface area contributed by atoms with E-state index in [-0.39, 0.29) is 5.41 Å². The predicted octanol–water partition coefficient (Wildman–Crippen LogP) is 4.81. The predicted molar refractivity (Wildman–Crippen MR) is 99.2 cm³/mol. The maximum Gasteiger partial charge on any atom is 0.101 e. The van der Waals surface area contributed by atoms with Crippen molar-refractivity contribution in [3.63, 3.8) is 0 Å². The van der Waals surface area contributed by atoms with E-state index in [0.29, 0.717) is 0 Å². The minimum absolute atomic E-state index is 0.0451. The lowest BCUT2D eigenvalue weighted by Gasteiger charge is -2.14. The Kier molecular flexibility index (Phi) is 5.61. The second-order valence-electron chi connectivity index (χ2n) is 6.67. The summed E-state index contributed by atoms with van der Waals surface area (Å²) in [5.41, 5.74) is 2.08. The number of allylic oxidation sites excluding steroid dienone is 1. The van der Waals surface area contributed by atoms with Gasteiger partial charge in [0.05, 0.1) is 5.56 Å². The average Bonchev–Trinajstić information content (AvgIpc) is 2.90. The number of nitrogens with zero attached hydrogens (tertiary/aromatic N) is 2. The molecule has 0 radical (unpaired) electrons. The smallest absolute Gasteiger partial charge is 0.101 e. The number of rotatable bonds is 4. The van der Waals surface area contributed by atoms with Crippen molar-refractivity contribution in [1.82, 2.24) is 4.90 Å². The van der Waals surface area contributed by atoms with Crippen molar-refractivity contribution < 1.29 is 0 Å². The lowest BCUT2D eigenvalue weighted by molar-refractivity contribution is 0.365. The summed E-state index contributed by atoms with van der Waals surface area (Å²) in [4.78, 5) is 2.25. The van der Waals surface area contributed by atoms with Crippen LogP contribution in [-0.2, 0) is 6.54 Å². The molecule has 3 heteroatoms. The van der Waals surface area contributed by atoms with Crippen LogP contribution in [0.25, 0.3) is 10.1 Å². The van der Waals surface area contributed by atoms with Gasteiger partial charge in [0.2, 0.25) is 0 Å². The van der Waals surface area contributed by atoms with E-state index in [4.69, 9.17) is 5.26 Å². The van der Waals surface area contributed by atoms with Crippen molar-refractivity contribution in [2.24, 2.45) is 5.41 Å². The number of hydrogen-bond donors (Lipinski definition) is 0. The summed E-state index contributed by atoms with van der Waals surface area (Å²) in [6.45, 7) is 8.04. The molecular formula is C20H22N2S. The largest absolute Gasteiger partial charge is 0.298 e. The Balaban J connectivity index is 2.02. The molecule has 0 saturated carbocycles. The van der Waals surface area contributed by atoms with Crippen molar-refractivity contribution in [1.29, 1.82) is 5.26 Å². The Morgan fingerprint density at radius 1 is 1.30 bits per heavy atom. The lowest BCUT2D eigenvalue weighted by Crippen LogP contribution is -2.17. The number of fused-ring (bicyclic) bond motifs is 1. The van der Waals surface area contributed by atoms with E-state index in [9.17, 15) is 0 Å². The maximum atomic E-state index is 9.15. The molecule has 2 nitrogen and oxygen atoms in total. The monoisotopic (exact) mass is 322 g/mol. The number of likely N-dealkylation sites (N-methyl/N-ethyl adjacent to an activating group) is 1. The van der Waals surface area contributed by atoms with Gasteiger partial charge in [-0.1, -0.05) is 36.1 Å². The molecule has 118 valence electrons. The van der Waals surface area contributed by atoms with Crippen LogP contribution in [0.1, 0.15) is 31.9 Å². The Morgan fingerprint density at radius 2 is 2.09 bits per heavy atom. The third-order valence-electron chi connectivity index (χ3n) is 3.31. The molecular weight excluding hydrogens is 300 g/mol. The van der Waals surface area contributed by atoms with Gasteiger partial charge in [-0.15, -0.1) is 11.3 Å². The molecule has 0 spiro atoms. The van der Waals surface area contributed by atoms with Crippen molar-refractivity contribution in [3.8, 4) is 17.9 Å². The summed E-state index contributed by atoms with van der Waals surface area (Å²) in [5, 5.41) is 12.2. The zero-order valence-electron chi connectivity index (χ0n) is 14.2. The fourth-order valence-corrected chi connectivity index (χ4v) is 3.24. The van der Waals surface area contributed by atoms with Gasteiger partial charge in [0.25, 0.3) is 0 Å². The first kappa shape index (κ1) is 17.3. The van der Waals surface area contributed by atoms with Crippen molar-refractivity contribution >= 4 is 21.4 Å². The number of benzene rings is 1. The molecule has 0 atom stereocenters. The van der Waals surface area contributed by atoms with Crippen LogP contribution in [0.15, 0.2) is 35.7 Å². The zero-order valence-corrected chi connectivity index (χ0v) is 15.0. The third-order valence-corrected chi connectivity index (χ3v) is 4.38. The van der Waals surface area contributed by atoms with Crippen LogP contribution in [0.2, 0.25) is 0 Å². The van der Waals surface area contributed by atoms with Gasteiger partial charge in [0.1, 0.15) is 6.07 Å². The molecule has 2 rings (SSSR count). The first-order chi connectivity index (χ1) is 10.9. The molecule has 23 heavy (non-hydrogen) atoms. The maximum absolute atomic E-state index is 9.15. The minimum atomic E-state index is 0.0451. The van der Waals surface area contributed by atoms with Gasteiger partial charge in [-0.25, -0.2) is 0 Å². The highest BCUT2D eigenvalue weighted by molar-refractivity contribution is 7.17. The highest BCUT2D eigenvalue weighted by Crippen LogP contribution is 2.29. The van der Waals surface area contributed by atoms with E-state index in [1.807, 2.05) is 23.6 Å². The molecule has 0 unspecified atom stereocenters. The van der Waals surface area contributed by atoms with Gasteiger partial charge in [0, 0.05) is 34.0 Å². The standard InChI is InChI=1S/C20H22N2S/c1-20(2,3)11-6-5-7-12-22(4)14-16-9-8-10-18-17(13-21)15-23-19(16)18/h5,7-10,15H,12,14H2,1-4H3/b7-5+. The first-order valence-electron chi connectivity index (χ1n) is 7.66. The van der Waals surface area contributed by atoms with Gasteiger partial charge >= 0.3 is 0 Å². The molecule has 0 aliphatic carbocycles. The third kappa shape index (κ3) is 4.96. The summed E-state index contributed by atoms with van der Waals surface area (Å²) >= 11 is 1.65. The van der Waals surface area contributed by atoms with Gasteiger partial charge < -0.3 is 0 Å².